The van der Waals surface area contributed by atoms with E-state index in [1.165, 1.54) is 0 Å². The van der Waals surface area contributed by atoms with E-state index in [1.54, 1.807) is 13.8 Å². The molecule has 1 aromatic carbocycles. The molecule has 0 aliphatic heterocycles. The zero-order valence-electron chi connectivity index (χ0n) is 39.2. The van der Waals surface area contributed by atoms with Gasteiger partial charge in [-0.15, -0.1) is 0 Å². The molecule has 2 atom stereocenters. The molecule has 0 bridgehead atoms. The molecule has 0 aliphatic carbocycles. The van der Waals surface area contributed by atoms with Gasteiger partial charge in [-0.25, -0.2) is 4.79 Å². The van der Waals surface area contributed by atoms with E-state index in [0.29, 0.717) is 123 Å². The van der Waals surface area contributed by atoms with Crippen LogP contribution in [0.15, 0.2) is 24.3 Å². The summed E-state index contributed by atoms with van der Waals surface area (Å²) in [5.41, 5.74) is 6.91. The fraction of sp³-hybridized carbons (Fsp3) is 0.756. The normalized spacial score (nSPS) is 12.2. The van der Waals surface area contributed by atoms with Gasteiger partial charge in [-0.2, -0.15) is 0 Å². The van der Waals surface area contributed by atoms with Crippen LogP contribution in [0.4, 0.5) is 10.5 Å². The molecule has 1 rings (SSSR count). The van der Waals surface area contributed by atoms with E-state index in [-0.39, 0.29) is 50.3 Å². The smallest absolute Gasteiger partial charge is 0.312 e. The quantitative estimate of drug-likeness (QED) is 0.0518. The van der Waals surface area contributed by atoms with E-state index >= 15 is 0 Å². The summed E-state index contributed by atoms with van der Waals surface area (Å²) in [4.78, 5) is 62.2. The number of rotatable bonds is 42. The lowest BCUT2D eigenvalue weighted by atomic mass is 10.0. The Morgan fingerprint density at radius 1 is 0.547 bits per heavy atom. The molecule has 7 N–H and O–H groups in total. The summed E-state index contributed by atoms with van der Waals surface area (Å²) < 4.78 is 44.0. The van der Waals surface area contributed by atoms with E-state index in [4.69, 9.17) is 43.6 Å². The Morgan fingerprint density at radius 2 is 1.03 bits per heavy atom. The molecule has 64 heavy (non-hydrogen) atoms. The van der Waals surface area contributed by atoms with E-state index in [9.17, 15) is 24.0 Å². The van der Waals surface area contributed by atoms with Crippen LogP contribution in [0.2, 0.25) is 0 Å². The molecule has 0 radical (unpaired) electrons. The van der Waals surface area contributed by atoms with Gasteiger partial charge in [-0.1, -0.05) is 53.2 Å². The fourth-order valence-corrected chi connectivity index (χ4v) is 5.68. The Labute approximate surface area is 380 Å². The van der Waals surface area contributed by atoms with Crippen molar-refractivity contribution in [1.82, 2.24) is 21.3 Å². The van der Waals surface area contributed by atoms with Gasteiger partial charge in [0.15, 0.2) is 0 Å². The Hall–Kier alpha value is -3.95. The first kappa shape index (κ1) is 58.1. The molecule has 0 unspecified atom stereocenters. The van der Waals surface area contributed by atoms with Crippen LogP contribution >= 0.6 is 0 Å². The summed E-state index contributed by atoms with van der Waals surface area (Å²) in [6.45, 7) is 17.1. The molecule has 0 fully saturated rings. The molecule has 0 saturated carbocycles. The number of benzene rings is 1. The molecular weight excluding hydrogens is 833 g/mol. The van der Waals surface area contributed by atoms with E-state index in [0.717, 1.165) is 24.8 Å². The van der Waals surface area contributed by atoms with Gasteiger partial charge < -0.3 is 70.2 Å². The largest absolute Gasteiger partial charge is 0.379 e. The molecule has 0 spiro atoms. The lowest BCUT2D eigenvalue weighted by molar-refractivity contribution is -0.132. The van der Waals surface area contributed by atoms with Gasteiger partial charge in [0.2, 0.25) is 23.6 Å². The number of anilines is 1. The third kappa shape index (κ3) is 33.5. The minimum Gasteiger partial charge on any atom is -0.379 e. The van der Waals surface area contributed by atoms with Gasteiger partial charge in [-0.3, -0.25) is 19.2 Å². The second kappa shape index (κ2) is 39.4. The number of carbonyl (C=O) groups is 5. The first-order valence-electron chi connectivity index (χ1n) is 22.8. The van der Waals surface area contributed by atoms with Gasteiger partial charge in [0.05, 0.1) is 106 Å². The summed E-state index contributed by atoms with van der Waals surface area (Å²) in [5.74, 6) is -0.966. The van der Waals surface area contributed by atoms with Crippen molar-refractivity contribution in [2.45, 2.75) is 91.6 Å². The number of aryl methyl sites for hydroxylation is 1. The van der Waals surface area contributed by atoms with Crippen molar-refractivity contribution in [1.29, 1.82) is 0 Å². The third-order valence-corrected chi connectivity index (χ3v) is 9.22. The number of nitrogens with one attached hydrogen (secondary N) is 5. The Kier molecular flexibility index (Phi) is 35.8. The van der Waals surface area contributed by atoms with Crippen LogP contribution in [0, 0.1) is 11.8 Å². The van der Waals surface area contributed by atoms with Crippen molar-refractivity contribution in [2.24, 2.45) is 17.6 Å². The van der Waals surface area contributed by atoms with Crippen molar-refractivity contribution in [3.05, 3.63) is 29.8 Å². The molecule has 0 aliphatic rings. The maximum absolute atomic E-state index is 13.4. The lowest BCUT2D eigenvalue weighted by Crippen LogP contribution is -2.54. The predicted molar refractivity (Wildman–Crippen MR) is 243 cm³/mol. The van der Waals surface area contributed by atoms with Crippen molar-refractivity contribution in [3.63, 3.8) is 0 Å². The van der Waals surface area contributed by atoms with Crippen LogP contribution in [0.5, 0.6) is 0 Å². The fourth-order valence-electron chi connectivity index (χ4n) is 5.68. The van der Waals surface area contributed by atoms with Crippen molar-refractivity contribution >= 4 is 35.3 Å². The molecule has 0 aromatic heterocycles. The van der Waals surface area contributed by atoms with Gasteiger partial charge >= 0.3 is 6.03 Å². The zero-order chi connectivity index (χ0) is 47.0. The van der Waals surface area contributed by atoms with E-state index in [2.05, 4.69) is 47.4 Å². The van der Waals surface area contributed by atoms with Gasteiger partial charge in [0, 0.05) is 31.6 Å². The second-order valence-corrected chi connectivity index (χ2v) is 15.7. The number of amides is 6. The topological polar surface area (TPSA) is 245 Å². The minimum atomic E-state index is -0.921. The van der Waals surface area contributed by atoms with Crippen LogP contribution in [0.1, 0.15) is 78.7 Å². The predicted octanol–water partition coefficient (Wildman–Crippen LogP) is 2.73. The molecule has 368 valence electrons. The highest BCUT2D eigenvalue weighted by molar-refractivity contribution is 5.98. The molecule has 19 nitrogen and oxygen atoms in total. The summed E-state index contributed by atoms with van der Waals surface area (Å²) in [6.07, 6.45) is 4.02. The first-order valence-corrected chi connectivity index (χ1v) is 22.8. The van der Waals surface area contributed by atoms with Crippen molar-refractivity contribution < 1.29 is 61.9 Å². The molecule has 19 heteroatoms. The van der Waals surface area contributed by atoms with E-state index in [1.807, 2.05) is 24.3 Å². The number of ether oxygens (including phenoxy) is 8. The van der Waals surface area contributed by atoms with Crippen molar-refractivity contribution in [3.8, 4) is 0 Å². The molecule has 0 heterocycles. The highest BCUT2D eigenvalue weighted by atomic mass is 16.6. The van der Waals surface area contributed by atoms with Crippen LogP contribution < -0.4 is 32.3 Å². The Morgan fingerprint density at radius 3 is 1.48 bits per heavy atom. The molecule has 6 amide bonds. The number of hydrogen-bond acceptors (Lipinski definition) is 13. The average Bonchev–Trinajstić information content (AvgIpc) is 3.26. The maximum atomic E-state index is 13.4. The van der Waals surface area contributed by atoms with Crippen molar-refractivity contribution in [2.75, 3.05) is 124 Å². The highest BCUT2D eigenvalue weighted by Gasteiger charge is 2.29. The second-order valence-electron chi connectivity index (χ2n) is 15.7. The van der Waals surface area contributed by atoms with Gasteiger partial charge in [-0.05, 0) is 55.2 Å². The summed E-state index contributed by atoms with van der Waals surface area (Å²) >= 11 is 0. The third-order valence-electron chi connectivity index (χ3n) is 9.22. The molecular formula is C45H80N6O13. The average molecular weight is 913 g/mol. The lowest BCUT2D eigenvalue weighted by Gasteiger charge is -2.25. The Balaban J connectivity index is 2.07. The Bertz CT molecular complexity index is 1370. The number of carbonyl (C=O) groups excluding carboxylic acids is 5. The van der Waals surface area contributed by atoms with Gasteiger partial charge in [0.1, 0.15) is 12.1 Å². The number of primary amides is 1. The molecule has 0 saturated heterocycles. The van der Waals surface area contributed by atoms with E-state index < -0.39 is 29.9 Å². The summed E-state index contributed by atoms with van der Waals surface area (Å²) in [6, 6.07) is 5.04. The summed E-state index contributed by atoms with van der Waals surface area (Å²) in [7, 11) is 0. The first-order chi connectivity index (χ1) is 30.9. The number of nitrogens with two attached hydrogens (primary N) is 1. The van der Waals surface area contributed by atoms with Crippen LogP contribution in [0.25, 0.3) is 0 Å². The van der Waals surface area contributed by atoms with Crippen LogP contribution in [-0.2, 0) is 63.5 Å². The standard InChI is InChI=1S/C45H80N6O13/c1-6-8-37-11-13-38(14-12-37)49-43(54)39(9-7-17-48-45(46)56)50-44(55)42(36(4)5)51-41(53)16-19-57-21-23-59-25-27-61-29-31-63-33-34-64-32-30-62-28-26-60-24-22-58-20-18-47-40(52)15-10-35(2)3/h11-14,35-36,39,42H,6-10,15-34H2,1-5H3,(H,47,52)(H,49,54)(H,50,55)(H,51,53)(H3,46,48,56)/t39-,42-/m0/s1. The van der Waals surface area contributed by atoms with Crippen LogP contribution in [-0.4, -0.2) is 161 Å². The maximum Gasteiger partial charge on any atom is 0.312 e. The number of urea groups is 1. The SMILES string of the molecule is CCCc1ccc(NC(=O)[C@H](CCCNC(N)=O)NC(=O)[C@@H](NC(=O)CCOCCOCCOCCOCCOCCOCCOCCOCCNC(=O)CCC(C)C)C(C)C)cc1. The summed E-state index contributed by atoms with van der Waals surface area (Å²) in [5, 5.41) is 13.7. The minimum absolute atomic E-state index is 0.0338. The molecule has 1 aromatic rings. The monoisotopic (exact) mass is 913 g/mol. The highest BCUT2D eigenvalue weighted by Crippen LogP contribution is 2.13. The van der Waals surface area contributed by atoms with Gasteiger partial charge in [0.25, 0.3) is 0 Å². The number of hydrogen-bond donors (Lipinski definition) is 6. The van der Waals surface area contributed by atoms with Crippen LogP contribution in [0.3, 0.4) is 0 Å². The zero-order valence-corrected chi connectivity index (χ0v) is 39.2.